The van der Waals surface area contributed by atoms with Crippen molar-refractivity contribution in [3.63, 3.8) is 0 Å². The molecule has 3 aliphatic heterocycles. The third kappa shape index (κ3) is 4.11. The zero-order chi connectivity index (χ0) is 18.8. The molecule has 0 radical (unpaired) electrons. The molecule has 0 aliphatic carbocycles. The molecule has 2 atom stereocenters. The smallest absolute Gasteiger partial charge is 0.410 e. The molecule has 1 aromatic carbocycles. The average molecular weight is 375 g/mol. The predicted molar refractivity (Wildman–Crippen MR) is 102 cm³/mol. The van der Waals surface area contributed by atoms with Crippen LogP contribution in [-0.4, -0.2) is 78.2 Å². The molecule has 148 valence electrons. The molecule has 1 aromatic rings. The molecule has 27 heavy (non-hydrogen) atoms. The van der Waals surface area contributed by atoms with Gasteiger partial charge in [-0.15, -0.1) is 0 Å². The zero-order valence-corrected chi connectivity index (χ0v) is 16.1. The fourth-order valence-electron chi connectivity index (χ4n) is 4.79. The van der Waals surface area contributed by atoms with Gasteiger partial charge in [0.1, 0.15) is 11.9 Å². The van der Waals surface area contributed by atoms with Gasteiger partial charge in [0.25, 0.3) is 0 Å². The lowest BCUT2D eigenvalue weighted by atomic mass is 10.0. The first-order valence-corrected chi connectivity index (χ1v) is 10.3. The van der Waals surface area contributed by atoms with Gasteiger partial charge in [-0.1, -0.05) is 19.1 Å². The van der Waals surface area contributed by atoms with Gasteiger partial charge in [-0.05, 0) is 63.0 Å². The summed E-state index contributed by atoms with van der Waals surface area (Å²) >= 11 is 0. The van der Waals surface area contributed by atoms with E-state index in [2.05, 4.69) is 16.7 Å². The van der Waals surface area contributed by atoms with Crippen LogP contribution in [0.25, 0.3) is 0 Å². The van der Waals surface area contributed by atoms with Crippen LogP contribution in [0.5, 0.6) is 0 Å². The van der Waals surface area contributed by atoms with Crippen molar-refractivity contribution in [1.82, 2.24) is 14.7 Å². The highest BCUT2D eigenvalue weighted by Gasteiger charge is 2.48. The number of hydrogen-bond acceptors (Lipinski definition) is 4. The first-order valence-electron chi connectivity index (χ1n) is 10.3. The normalized spacial score (nSPS) is 27.2. The number of nitrogens with zero attached hydrogens (tertiary/aromatic N) is 3. The molecule has 0 N–H and O–H groups in total. The number of rotatable bonds is 6. The van der Waals surface area contributed by atoms with Crippen LogP contribution >= 0.6 is 0 Å². The van der Waals surface area contributed by atoms with Crippen LogP contribution in [-0.2, 0) is 11.2 Å². The van der Waals surface area contributed by atoms with E-state index in [1.807, 2.05) is 17.0 Å². The number of halogens is 1. The molecule has 3 fully saturated rings. The molecule has 0 bridgehead atoms. The molecule has 1 amide bonds. The van der Waals surface area contributed by atoms with Crippen LogP contribution in [0, 0.1) is 5.82 Å². The van der Waals surface area contributed by atoms with Crippen molar-refractivity contribution in [3.8, 4) is 0 Å². The van der Waals surface area contributed by atoms with E-state index >= 15 is 0 Å². The maximum absolute atomic E-state index is 13.0. The highest BCUT2D eigenvalue weighted by atomic mass is 19.1. The van der Waals surface area contributed by atoms with E-state index < -0.39 is 0 Å². The van der Waals surface area contributed by atoms with Gasteiger partial charge in [0.05, 0.1) is 6.04 Å². The summed E-state index contributed by atoms with van der Waals surface area (Å²) in [5.41, 5.74) is 1.11. The van der Waals surface area contributed by atoms with E-state index in [4.69, 9.17) is 4.74 Å². The third-order valence-electron chi connectivity index (χ3n) is 6.45. The van der Waals surface area contributed by atoms with Gasteiger partial charge in [0, 0.05) is 25.7 Å². The quantitative estimate of drug-likeness (QED) is 0.766. The summed E-state index contributed by atoms with van der Waals surface area (Å²) in [4.78, 5) is 19.2. The lowest BCUT2D eigenvalue weighted by Gasteiger charge is -2.36. The van der Waals surface area contributed by atoms with Gasteiger partial charge in [-0.3, -0.25) is 4.90 Å². The number of benzene rings is 1. The summed E-state index contributed by atoms with van der Waals surface area (Å²) in [6.07, 6.45) is 4.01. The minimum absolute atomic E-state index is 0.0209. The van der Waals surface area contributed by atoms with Crippen molar-refractivity contribution < 1.29 is 13.9 Å². The molecule has 0 unspecified atom stereocenters. The maximum Gasteiger partial charge on any atom is 0.410 e. The second-order valence-corrected chi connectivity index (χ2v) is 8.03. The highest BCUT2D eigenvalue weighted by molar-refractivity contribution is 5.71. The van der Waals surface area contributed by atoms with Crippen molar-refractivity contribution in [2.45, 2.75) is 50.8 Å². The summed E-state index contributed by atoms with van der Waals surface area (Å²) in [6, 6.07) is 7.44. The van der Waals surface area contributed by atoms with Gasteiger partial charge in [-0.2, -0.15) is 0 Å². The van der Waals surface area contributed by atoms with E-state index in [0.29, 0.717) is 12.6 Å². The van der Waals surface area contributed by atoms with E-state index in [1.165, 1.54) is 38.1 Å². The van der Waals surface area contributed by atoms with E-state index in [1.54, 1.807) is 0 Å². The first kappa shape index (κ1) is 18.7. The number of ether oxygens (including phenoxy) is 1. The van der Waals surface area contributed by atoms with Crippen LogP contribution in [0.15, 0.2) is 24.3 Å². The summed E-state index contributed by atoms with van der Waals surface area (Å²) in [5, 5.41) is 0. The van der Waals surface area contributed by atoms with Crippen LogP contribution in [0.4, 0.5) is 9.18 Å². The first-order chi connectivity index (χ1) is 13.1. The Morgan fingerprint density at radius 2 is 1.89 bits per heavy atom. The standard InChI is InChI=1S/C21H30FN3O2/c1-2-23-12-9-18(10-13-23)24-14-19-20(15-24)27-21(26)25(19)11-3-4-16-5-7-17(22)8-6-16/h5-8,18-20H,2-4,9-15H2,1H3/t19-,20+/m0/s1. The molecule has 3 aliphatic rings. The molecule has 4 rings (SSSR count). The third-order valence-corrected chi connectivity index (χ3v) is 6.45. The Bertz CT molecular complexity index is 645. The summed E-state index contributed by atoms with van der Waals surface area (Å²) in [5.74, 6) is -0.208. The Morgan fingerprint density at radius 1 is 1.15 bits per heavy atom. The van der Waals surface area contributed by atoms with Gasteiger partial charge in [-0.25, -0.2) is 9.18 Å². The van der Waals surface area contributed by atoms with Crippen molar-refractivity contribution in [2.24, 2.45) is 0 Å². The van der Waals surface area contributed by atoms with Crippen LogP contribution < -0.4 is 0 Å². The molecule has 5 nitrogen and oxygen atoms in total. The van der Waals surface area contributed by atoms with Crippen LogP contribution in [0.2, 0.25) is 0 Å². The van der Waals surface area contributed by atoms with Gasteiger partial charge >= 0.3 is 6.09 Å². The minimum atomic E-state index is -0.208. The van der Waals surface area contributed by atoms with Crippen molar-refractivity contribution in [2.75, 3.05) is 39.3 Å². The lowest BCUT2D eigenvalue weighted by Crippen LogP contribution is -2.46. The Labute approximate surface area is 161 Å². The molecule has 6 heteroatoms. The molecule has 3 heterocycles. The summed E-state index contributed by atoms with van der Waals surface area (Å²) in [7, 11) is 0. The molecular formula is C21H30FN3O2. The molecular weight excluding hydrogens is 345 g/mol. The number of carbonyl (C=O) groups excluding carboxylic acids is 1. The van der Waals surface area contributed by atoms with Crippen molar-refractivity contribution in [3.05, 3.63) is 35.6 Å². The maximum atomic E-state index is 13.0. The number of likely N-dealkylation sites (tertiary alicyclic amines) is 2. The molecule has 0 aromatic heterocycles. The fourth-order valence-corrected chi connectivity index (χ4v) is 4.79. The summed E-state index contributed by atoms with van der Waals surface area (Å²) < 4.78 is 18.7. The lowest BCUT2D eigenvalue weighted by molar-refractivity contribution is 0.0899. The summed E-state index contributed by atoms with van der Waals surface area (Å²) in [6.45, 7) is 8.23. The Hall–Kier alpha value is -1.66. The van der Waals surface area contributed by atoms with Crippen LogP contribution in [0.3, 0.4) is 0 Å². The van der Waals surface area contributed by atoms with E-state index in [-0.39, 0.29) is 24.1 Å². The Morgan fingerprint density at radius 3 is 2.59 bits per heavy atom. The van der Waals surface area contributed by atoms with Crippen molar-refractivity contribution in [1.29, 1.82) is 0 Å². The predicted octanol–water partition coefficient (Wildman–Crippen LogP) is 2.75. The van der Waals surface area contributed by atoms with Crippen LogP contribution in [0.1, 0.15) is 31.7 Å². The number of hydrogen-bond donors (Lipinski definition) is 0. The molecule has 0 spiro atoms. The van der Waals surface area contributed by atoms with Gasteiger partial charge < -0.3 is 14.5 Å². The molecule has 3 saturated heterocycles. The highest BCUT2D eigenvalue weighted by Crippen LogP contribution is 2.30. The number of aryl methyl sites for hydroxylation is 1. The van der Waals surface area contributed by atoms with Crippen molar-refractivity contribution >= 4 is 6.09 Å². The van der Waals surface area contributed by atoms with E-state index in [0.717, 1.165) is 38.0 Å². The zero-order valence-electron chi connectivity index (χ0n) is 16.1. The van der Waals surface area contributed by atoms with E-state index in [9.17, 15) is 9.18 Å². The number of fused-ring (bicyclic) bond motifs is 1. The topological polar surface area (TPSA) is 36.0 Å². The molecule has 0 saturated carbocycles. The van der Waals surface area contributed by atoms with Gasteiger partial charge in [0.2, 0.25) is 0 Å². The number of carbonyl (C=O) groups is 1. The second kappa shape index (κ2) is 8.15. The fraction of sp³-hybridized carbons (Fsp3) is 0.667. The van der Waals surface area contributed by atoms with Gasteiger partial charge in [0.15, 0.2) is 0 Å². The number of amides is 1. The largest absolute Gasteiger partial charge is 0.442 e. The average Bonchev–Trinajstić information content (AvgIpc) is 3.21. The Balaban J connectivity index is 1.28. The number of piperidine rings is 1. The SMILES string of the molecule is CCN1CCC(N2C[C@H]3OC(=O)N(CCCc4ccc(F)cc4)[C@H]3C2)CC1. The Kier molecular flexibility index (Phi) is 5.64. The monoisotopic (exact) mass is 375 g/mol. The second-order valence-electron chi connectivity index (χ2n) is 8.03. The minimum Gasteiger partial charge on any atom is -0.442 e.